The number of nitrogens with two attached hydrogens (primary N) is 2. The Morgan fingerprint density at radius 2 is 2.00 bits per heavy atom. The van der Waals surface area contributed by atoms with Gasteiger partial charge in [0.1, 0.15) is 17.5 Å². The number of aromatic nitrogens is 5. The fourth-order valence-electron chi connectivity index (χ4n) is 3.23. The second-order valence-corrected chi connectivity index (χ2v) is 6.83. The van der Waals surface area contributed by atoms with Crippen LogP contribution in [0.4, 0.5) is 23.5 Å². The molecule has 0 spiro atoms. The number of benzene rings is 1. The molecule has 0 fully saturated rings. The third-order valence-electron chi connectivity index (χ3n) is 4.60. The number of rotatable bonds is 4. The Bertz CT molecular complexity index is 1400. The van der Waals surface area contributed by atoms with Crippen molar-refractivity contribution in [1.29, 1.82) is 5.26 Å². The van der Waals surface area contributed by atoms with Gasteiger partial charge in [0.25, 0.3) is 5.56 Å². The van der Waals surface area contributed by atoms with Crippen LogP contribution in [0.5, 0.6) is 0 Å². The average molecular weight is 434 g/mol. The van der Waals surface area contributed by atoms with Gasteiger partial charge in [-0.25, -0.2) is 9.55 Å². The van der Waals surface area contributed by atoms with E-state index in [9.17, 15) is 10.1 Å². The summed E-state index contributed by atoms with van der Waals surface area (Å²) in [7, 11) is 0. The third-order valence-corrected chi connectivity index (χ3v) is 4.90. The molecule has 10 nitrogen and oxygen atoms in total. The van der Waals surface area contributed by atoms with Crippen molar-refractivity contribution in [3.05, 3.63) is 63.7 Å². The normalized spacial score (nSPS) is 10.7. The van der Waals surface area contributed by atoms with Gasteiger partial charge in [-0.2, -0.15) is 15.2 Å². The second kappa shape index (κ2) is 7.89. The molecule has 11 heteroatoms. The molecule has 0 bridgehead atoms. The Balaban J connectivity index is 2.13. The minimum atomic E-state index is -0.359. The van der Waals surface area contributed by atoms with Crippen LogP contribution >= 0.6 is 11.6 Å². The van der Waals surface area contributed by atoms with Crippen molar-refractivity contribution in [1.82, 2.24) is 24.5 Å². The third kappa shape index (κ3) is 3.37. The Kier molecular flexibility index (Phi) is 5.10. The minimum Gasteiger partial charge on any atom is -0.382 e. The lowest BCUT2D eigenvalue weighted by atomic mass is 10.2. The predicted molar refractivity (Wildman–Crippen MR) is 118 cm³/mol. The SMILES string of the molecule is CCN(c1nc(N)nc(N)c1C#N)c1nc2c(Cl)cccc2c(=O)n1-c1cccnc1. The molecule has 0 radical (unpaired) electrons. The van der Waals surface area contributed by atoms with Crippen LogP contribution in [0.15, 0.2) is 47.5 Å². The Morgan fingerprint density at radius 1 is 1.19 bits per heavy atom. The van der Waals surface area contributed by atoms with Gasteiger partial charge < -0.3 is 11.5 Å². The molecule has 0 aliphatic rings. The number of pyridine rings is 1. The molecule has 0 aliphatic carbocycles. The van der Waals surface area contributed by atoms with Gasteiger partial charge in [-0.1, -0.05) is 17.7 Å². The largest absolute Gasteiger partial charge is 0.382 e. The topological polar surface area (TPSA) is 153 Å². The highest BCUT2D eigenvalue weighted by molar-refractivity contribution is 6.35. The number of halogens is 1. The Morgan fingerprint density at radius 3 is 2.68 bits per heavy atom. The number of nitriles is 1. The minimum absolute atomic E-state index is 0.0160. The van der Waals surface area contributed by atoms with E-state index < -0.39 is 0 Å². The molecule has 4 rings (SSSR count). The molecule has 154 valence electrons. The average Bonchev–Trinajstić information content (AvgIpc) is 2.75. The summed E-state index contributed by atoms with van der Waals surface area (Å²) in [5.41, 5.74) is 12.1. The van der Waals surface area contributed by atoms with E-state index in [1.54, 1.807) is 41.4 Å². The molecule has 0 aliphatic heterocycles. The molecule has 31 heavy (non-hydrogen) atoms. The highest BCUT2D eigenvalue weighted by Gasteiger charge is 2.24. The van der Waals surface area contributed by atoms with Crippen LogP contribution in [0.1, 0.15) is 12.5 Å². The first kappa shape index (κ1) is 20.1. The van der Waals surface area contributed by atoms with E-state index in [4.69, 9.17) is 23.1 Å². The van der Waals surface area contributed by atoms with Gasteiger partial charge in [0, 0.05) is 12.7 Å². The van der Waals surface area contributed by atoms with Gasteiger partial charge in [-0.05, 0) is 31.2 Å². The predicted octanol–water partition coefficient (Wildman–Crippen LogP) is 2.42. The van der Waals surface area contributed by atoms with E-state index in [0.717, 1.165) is 0 Å². The standard InChI is InChI=1S/C20H16ClN9O/c1-2-29(17-13(9-22)16(23)27-19(24)28-17)20-26-15-12(6-3-7-14(15)21)18(31)30(20)11-5-4-8-25-10-11/h3-8,10H,2H2,1H3,(H4,23,24,27,28). The molecular formula is C20H16ClN9O. The molecule has 0 saturated heterocycles. The summed E-state index contributed by atoms with van der Waals surface area (Å²) in [5.74, 6) is 0.123. The zero-order valence-corrected chi connectivity index (χ0v) is 17.1. The van der Waals surface area contributed by atoms with E-state index in [1.165, 1.54) is 10.8 Å². The van der Waals surface area contributed by atoms with Gasteiger partial charge >= 0.3 is 0 Å². The fourth-order valence-corrected chi connectivity index (χ4v) is 3.45. The first-order valence-corrected chi connectivity index (χ1v) is 9.56. The van der Waals surface area contributed by atoms with Crippen molar-refractivity contribution in [2.45, 2.75) is 6.92 Å². The molecule has 0 atom stereocenters. The van der Waals surface area contributed by atoms with Crippen molar-refractivity contribution in [3.63, 3.8) is 0 Å². The monoisotopic (exact) mass is 433 g/mol. The van der Waals surface area contributed by atoms with E-state index in [-0.39, 0.29) is 41.2 Å². The lowest BCUT2D eigenvalue weighted by Crippen LogP contribution is -2.31. The molecular weight excluding hydrogens is 418 g/mol. The molecule has 4 aromatic rings. The van der Waals surface area contributed by atoms with E-state index in [0.29, 0.717) is 21.6 Å². The molecule has 1 aromatic carbocycles. The molecule has 3 heterocycles. The quantitative estimate of drug-likeness (QED) is 0.493. The van der Waals surface area contributed by atoms with Crippen LogP contribution in [0.2, 0.25) is 5.02 Å². The summed E-state index contributed by atoms with van der Waals surface area (Å²) in [4.78, 5) is 31.9. The van der Waals surface area contributed by atoms with Crippen LogP contribution in [-0.2, 0) is 0 Å². The highest BCUT2D eigenvalue weighted by atomic mass is 35.5. The number of hydrogen-bond donors (Lipinski definition) is 2. The summed E-state index contributed by atoms with van der Waals surface area (Å²) in [5, 5.41) is 10.3. The van der Waals surface area contributed by atoms with Crippen molar-refractivity contribution < 1.29 is 0 Å². The van der Waals surface area contributed by atoms with Crippen molar-refractivity contribution in [2.75, 3.05) is 22.9 Å². The molecule has 3 aromatic heterocycles. The number of hydrogen-bond acceptors (Lipinski definition) is 9. The van der Waals surface area contributed by atoms with E-state index in [2.05, 4.69) is 19.9 Å². The van der Waals surface area contributed by atoms with Crippen LogP contribution in [0, 0.1) is 11.3 Å². The molecule has 4 N–H and O–H groups in total. The maximum Gasteiger partial charge on any atom is 0.267 e. The van der Waals surface area contributed by atoms with Crippen molar-refractivity contribution in [2.24, 2.45) is 0 Å². The maximum absolute atomic E-state index is 13.5. The van der Waals surface area contributed by atoms with E-state index >= 15 is 0 Å². The lowest BCUT2D eigenvalue weighted by molar-refractivity contribution is 0.856. The highest BCUT2D eigenvalue weighted by Crippen LogP contribution is 2.31. The first-order valence-electron chi connectivity index (χ1n) is 9.18. The maximum atomic E-state index is 13.5. The summed E-state index contributed by atoms with van der Waals surface area (Å²) in [6.45, 7) is 2.10. The van der Waals surface area contributed by atoms with Gasteiger partial charge in [-0.3, -0.25) is 14.7 Å². The summed E-state index contributed by atoms with van der Waals surface area (Å²) in [6.07, 6.45) is 3.13. The second-order valence-electron chi connectivity index (χ2n) is 6.42. The fraction of sp³-hybridized carbons (Fsp3) is 0.100. The summed E-state index contributed by atoms with van der Waals surface area (Å²) in [6, 6.07) is 10.4. The number of nitrogens with zero attached hydrogens (tertiary/aromatic N) is 7. The van der Waals surface area contributed by atoms with Gasteiger partial charge in [0.05, 0.1) is 27.8 Å². The van der Waals surface area contributed by atoms with E-state index in [1.807, 2.05) is 13.0 Å². The number of nitrogen functional groups attached to an aromatic ring is 2. The molecule has 0 amide bonds. The van der Waals surface area contributed by atoms with Gasteiger partial charge in [0.15, 0.2) is 5.82 Å². The Hall–Kier alpha value is -4.23. The zero-order chi connectivity index (χ0) is 22.1. The number of anilines is 4. The van der Waals surface area contributed by atoms with Crippen LogP contribution < -0.4 is 21.9 Å². The van der Waals surface area contributed by atoms with Crippen LogP contribution in [-0.4, -0.2) is 31.0 Å². The number of fused-ring (bicyclic) bond motifs is 1. The summed E-state index contributed by atoms with van der Waals surface area (Å²) < 4.78 is 1.38. The summed E-state index contributed by atoms with van der Waals surface area (Å²) >= 11 is 6.34. The smallest absolute Gasteiger partial charge is 0.267 e. The van der Waals surface area contributed by atoms with Gasteiger partial charge in [0.2, 0.25) is 11.9 Å². The zero-order valence-electron chi connectivity index (χ0n) is 16.3. The number of para-hydroxylation sites is 1. The van der Waals surface area contributed by atoms with Gasteiger partial charge in [-0.15, -0.1) is 0 Å². The van der Waals surface area contributed by atoms with Crippen LogP contribution in [0.3, 0.4) is 0 Å². The molecule has 0 saturated carbocycles. The van der Waals surface area contributed by atoms with Crippen molar-refractivity contribution >= 4 is 46.0 Å². The lowest BCUT2D eigenvalue weighted by Gasteiger charge is -2.25. The van der Waals surface area contributed by atoms with Crippen molar-refractivity contribution in [3.8, 4) is 11.8 Å². The molecule has 0 unspecified atom stereocenters. The first-order chi connectivity index (χ1) is 15.0. The Labute approximate surface area is 181 Å². The van der Waals surface area contributed by atoms with Crippen LogP contribution in [0.25, 0.3) is 16.6 Å².